The van der Waals surface area contributed by atoms with Crippen molar-refractivity contribution in [2.75, 3.05) is 13.7 Å². The molecular weight excluding hydrogens is 216 g/mol. The molecule has 0 saturated heterocycles. The summed E-state index contributed by atoms with van der Waals surface area (Å²) in [6.45, 7) is 5.87. The summed E-state index contributed by atoms with van der Waals surface area (Å²) in [5, 5.41) is 9.10. The highest BCUT2D eigenvalue weighted by atomic mass is 16.5. The zero-order chi connectivity index (χ0) is 13.2. The Balaban J connectivity index is 3.36. The highest BCUT2D eigenvalue weighted by molar-refractivity contribution is 5.51. The molecule has 1 aromatic rings. The molecular formula is C13H22N2O2. The molecule has 4 heteroatoms. The lowest BCUT2D eigenvalue weighted by atomic mass is 9.91. The molecule has 5 N–H and O–H groups in total. The van der Waals surface area contributed by atoms with E-state index in [1.807, 2.05) is 20.8 Å². The van der Waals surface area contributed by atoms with Crippen molar-refractivity contribution in [1.82, 2.24) is 0 Å². The molecule has 0 aliphatic carbocycles. The number of aliphatic hydroxyl groups excluding tert-OH is 1. The first-order valence-electron chi connectivity index (χ1n) is 5.70. The van der Waals surface area contributed by atoms with Gasteiger partial charge in [0, 0.05) is 11.6 Å². The Labute approximate surface area is 103 Å². The number of rotatable bonds is 4. The number of methoxy groups -OCH3 is 1. The Hall–Kier alpha value is -1.10. The van der Waals surface area contributed by atoms with Crippen LogP contribution in [0.15, 0.2) is 6.07 Å². The number of hydrogen-bond acceptors (Lipinski definition) is 4. The Morgan fingerprint density at radius 3 is 2.29 bits per heavy atom. The third-order valence-electron chi connectivity index (χ3n) is 3.24. The molecule has 96 valence electrons. The Morgan fingerprint density at radius 2 is 1.82 bits per heavy atom. The standard InChI is InChI=1S/C13H22N2O2/c1-7-5-8(2)11(12(15)10(14)6-16)13(17-4)9(7)3/h5,10,12,16H,6,14-15H2,1-4H3. The third kappa shape index (κ3) is 2.60. The van der Waals surface area contributed by atoms with E-state index in [1.54, 1.807) is 7.11 Å². The lowest BCUT2D eigenvalue weighted by molar-refractivity contribution is 0.248. The molecule has 0 radical (unpaired) electrons. The molecule has 1 rings (SSSR count). The quantitative estimate of drug-likeness (QED) is 0.729. The zero-order valence-corrected chi connectivity index (χ0v) is 10.9. The summed E-state index contributed by atoms with van der Waals surface area (Å²) in [6.07, 6.45) is 0. The number of hydrogen-bond donors (Lipinski definition) is 3. The molecule has 2 unspecified atom stereocenters. The normalized spacial score (nSPS) is 14.5. The van der Waals surface area contributed by atoms with E-state index in [0.29, 0.717) is 0 Å². The maximum Gasteiger partial charge on any atom is 0.127 e. The molecule has 0 aliphatic rings. The van der Waals surface area contributed by atoms with Gasteiger partial charge in [-0.15, -0.1) is 0 Å². The number of aryl methyl sites for hydroxylation is 2. The van der Waals surface area contributed by atoms with Gasteiger partial charge in [0.05, 0.1) is 19.8 Å². The van der Waals surface area contributed by atoms with Crippen molar-refractivity contribution in [3.8, 4) is 5.75 Å². The summed E-state index contributed by atoms with van der Waals surface area (Å²) in [4.78, 5) is 0. The second-order valence-electron chi connectivity index (χ2n) is 4.45. The molecule has 0 aliphatic heterocycles. The summed E-state index contributed by atoms with van der Waals surface area (Å²) in [6, 6.07) is 1.16. The molecule has 1 aromatic carbocycles. The van der Waals surface area contributed by atoms with Crippen molar-refractivity contribution in [2.24, 2.45) is 11.5 Å². The van der Waals surface area contributed by atoms with E-state index in [2.05, 4.69) is 6.07 Å². The van der Waals surface area contributed by atoms with Gasteiger partial charge in [-0.05, 0) is 37.5 Å². The van der Waals surface area contributed by atoms with Gasteiger partial charge in [-0.25, -0.2) is 0 Å². The van der Waals surface area contributed by atoms with Crippen molar-refractivity contribution < 1.29 is 9.84 Å². The van der Waals surface area contributed by atoms with E-state index in [0.717, 1.165) is 28.0 Å². The van der Waals surface area contributed by atoms with Gasteiger partial charge in [-0.2, -0.15) is 0 Å². The summed E-state index contributed by atoms with van der Waals surface area (Å²) in [5.74, 6) is 0.777. The summed E-state index contributed by atoms with van der Waals surface area (Å²) < 4.78 is 5.44. The number of ether oxygens (including phenoxy) is 1. The van der Waals surface area contributed by atoms with E-state index in [-0.39, 0.29) is 6.61 Å². The fourth-order valence-electron chi connectivity index (χ4n) is 2.08. The maximum absolute atomic E-state index is 9.10. The van der Waals surface area contributed by atoms with Gasteiger partial charge in [0.15, 0.2) is 0 Å². The van der Waals surface area contributed by atoms with Gasteiger partial charge in [-0.3, -0.25) is 0 Å². The topological polar surface area (TPSA) is 81.5 Å². The van der Waals surface area contributed by atoms with E-state index in [4.69, 9.17) is 21.3 Å². The van der Waals surface area contributed by atoms with Gasteiger partial charge in [0.2, 0.25) is 0 Å². The lowest BCUT2D eigenvalue weighted by Gasteiger charge is -2.24. The molecule has 0 bridgehead atoms. The second-order valence-corrected chi connectivity index (χ2v) is 4.45. The van der Waals surface area contributed by atoms with Gasteiger partial charge >= 0.3 is 0 Å². The van der Waals surface area contributed by atoms with Crippen molar-refractivity contribution >= 4 is 0 Å². The Morgan fingerprint density at radius 1 is 1.24 bits per heavy atom. The maximum atomic E-state index is 9.10. The van der Waals surface area contributed by atoms with Crippen LogP contribution in [0.3, 0.4) is 0 Å². The largest absolute Gasteiger partial charge is 0.496 e. The van der Waals surface area contributed by atoms with E-state index in [1.165, 1.54) is 0 Å². The number of aliphatic hydroxyl groups is 1. The first-order valence-corrected chi connectivity index (χ1v) is 5.70. The molecule has 2 atom stereocenters. The Kier molecular flexibility index (Phi) is 4.51. The Bertz CT molecular complexity index is 405. The van der Waals surface area contributed by atoms with Crippen LogP contribution in [0.5, 0.6) is 5.75 Å². The monoisotopic (exact) mass is 238 g/mol. The molecule has 0 fully saturated rings. The van der Waals surface area contributed by atoms with Crippen LogP contribution in [0.4, 0.5) is 0 Å². The van der Waals surface area contributed by atoms with Gasteiger partial charge < -0.3 is 21.3 Å². The molecule has 0 heterocycles. The first-order chi connectivity index (χ1) is 7.93. The minimum Gasteiger partial charge on any atom is -0.496 e. The average Bonchev–Trinajstić information content (AvgIpc) is 2.31. The van der Waals surface area contributed by atoms with Crippen LogP contribution < -0.4 is 16.2 Å². The van der Waals surface area contributed by atoms with Crippen molar-refractivity contribution in [3.05, 3.63) is 28.3 Å². The molecule has 4 nitrogen and oxygen atoms in total. The predicted molar refractivity (Wildman–Crippen MR) is 69.2 cm³/mol. The van der Waals surface area contributed by atoms with Crippen LogP contribution >= 0.6 is 0 Å². The van der Waals surface area contributed by atoms with Crippen molar-refractivity contribution in [1.29, 1.82) is 0 Å². The smallest absolute Gasteiger partial charge is 0.127 e. The van der Waals surface area contributed by atoms with Crippen LogP contribution in [0.1, 0.15) is 28.3 Å². The molecule has 0 spiro atoms. The lowest BCUT2D eigenvalue weighted by Crippen LogP contribution is -2.37. The minimum atomic E-state index is -0.482. The van der Waals surface area contributed by atoms with Crippen molar-refractivity contribution in [2.45, 2.75) is 32.9 Å². The molecule has 0 amide bonds. The van der Waals surface area contributed by atoms with Crippen LogP contribution in [0.2, 0.25) is 0 Å². The fraction of sp³-hybridized carbons (Fsp3) is 0.538. The highest BCUT2D eigenvalue weighted by Crippen LogP contribution is 2.33. The van der Waals surface area contributed by atoms with Gasteiger partial charge in [0.25, 0.3) is 0 Å². The van der Waals surface area contributed by atoms with Crippen LogP contribution in [0.25, 0.3) is 0 Å². The molecule has 0 aromatic heterocycles. The van der Waals surface area contributed by atoms with Gasteiger partial charge in [0.1, 0.15) is 5.75 Å². The summed E-state index contributed by atoms with van der Waals surface area (Å²) in [5.41, 5.74) is 16.0. The fourth-order valence-corrected chi connectivity index (χ4v) is 2.08. The summed E-state index contributed by atoms with van der Waals surface area (Å²) >= 11 is 0. The number of nitrogens with two attached hydrogens (primary N) is 2. The zero-order valence-electron chi connectivity index (χ0n) is 10.9. The van der Waals surface area contributed by atoms with E-state index in [9.17, 15) is 0 Å². The predicted octanol–water partition coefficient (Wildman–Crippen LogP) is 0.940. The van der Waals surface area contributed by atoms with E-state index >= 15 is 0 Å². The average molecular weight is 238 g/mol. The number of benzene rings is 1. The van der Waals surface area contributed by atoms with Crippen LogP contribution in [0, 0.1) is 20.8 Å². The van der Waals surface area contributed by atoms with Crippen LogP contribution in [-0.4, -0.2) is 24.9 Å². The first kappa shape index (κ1) is 14.0. The second kappa shape index (κ2) is 5.49. The van der Waals surface area contributed by atoms with E-state index < -0.39 is 12.1 Å². The van der Waals surface area contributed by atoms with Crippen LogP contribution in [-0.2, 0) is 0 Å². The third-order valence-corrected chi connectivity index (χ3v) is 3.24. The van der Waals surface area contributed by atoms with Crippen molar-refractivity contribution in [3.63, 3.8) is 0 Å². The highest BCUT2D eigenvalue weighted by Gasteiger charge is 2.22. The minimum absolute atomic E-state index is 0.142. The molecule has 17 heavy (non-hydrogen) atoms. The van der Waals surface area contributed by atoms with Gasteiger partial charge in [-0.1, -0.05) is 6.07 Å². The summed E-state index contributed by atoms with van der Waals surface area (Å²) in [7, 11) is 1.63. The SMILES string of the molecule is COc1c(C)c(C)cc(C)c1C(N)C(N)CO. The molecule has 0 saturated carbocycles.